The van der Waals surface area contributed by atoms with E-state index in [-0.39, 0.29) is 16.5 Å². The van der Waals surface area contributed by atoms with E-state index in [1.54, 1.807) is 0 Å². The van der Waals surface area contributed by atoms with Gasteiger partial charge in [0.05, 0.1) is 23.3 Å². The van der Waals surface area contributed by atoms with Crippen LogP contribution in [0.5, 0.6) is 0 Å². The summed E-state index contributed by atoms with van der Waals surface area (Å²) < 4.78 is 19.7. The van der Waals surface area contributed by atoms with Crippen LogP contribution in [0, 0.1) is 17.7 Å². The van der Waals surface area contributed by atoms with Gasteiger partial charge in [-0.2, -0.15) is 0 Å². The zero-order valence-electron chi connectivity index (χ0n) is 14.0. The number of ether oxygens (including phenoxy) is 1. The molecule has 3 saturated heterocycles. The van der Waals surface area contributed by atoms with Gasteiger partial charge >= 0.3 is 0 Å². The van der Waals surface area contributed by atoms with Crippen molar-refractivity contribution in [3.63, 3.8) is 0 Å². The summed E-state index contributed by atoms with van der Waals surface area (Å²) in [6.45, 7) is 2.33. The molecular formula is C18H22ClFN2O2. The Morgan fingerprint density at radius 1 is 1.50 bits per heavy atom. The largest absolute Gasteiger partial charge is 0.369 e. The summed E-state index contributed by atoms with van der Waals surface area (Å²) in [6, 6.07) is 4.17. The molecule has 0 radical (unpaired) electrons. The van der Waals surface area contributed by atoms with E-state index < -0.39 is 5.82 Å². The molecule has 1 amide bonds. The fraction of sp³-hybridized carbons (Fsp3) is 0.611. The number of rotatable bonds is 3. The first-order valence-corrected chi connectivity index (χ1v) is 8.84. The summed E-state index contributed by atoms with van der Waals surface area (Å²) in [5, 5.41) is -0.0129. The second kappa shape index (κ2) is 5.68. The van der Waals surface area contributed by atoms with Crippen LogP contribution in [0.15, 0.2) is 18.2 Å². The van der Waals surface area contributed by atoms with E-state index in [1.165, 1.54) is 18.2 Å². The predicted octanol–water partition coefficient (Wildman–Crippen LogP) is 2.66. The van der Waals surface area contributed by atoms with Crippen LogP contribution in [0.2, 0.25) is 5.02 Å². The lowest BCUT2D eigenvalue weighted by Gasteiger charge is -2.30. The van der Waals surface area contributed by atoms with Gasteiger partial charge in [0.15, 0.2) is 0 Å². The van der Waals surface area contributed by atoms with Gasteiger partial charge < -0.3 is 14.5 Å². The Morgan fingerprint density at radius 3 is 3.00 bits per heavy atom. The Balaban J connectivity index is 1.55. The Kier molecular flexibility index (Phi) is 3.86. The van der Waals surface area contributed by atoms with E-state index in [0.29, 0.717) is 36.6 Å². The second-order valence-electron chi connectivity index (χ2n) is 7.61. The molecule has 4 nitrogen and oxygen atoms in total. The predicted molar refractivity (Wildman–Crippen MR) is 89.7 cm³/mol. The first-order chi connectivity index (χ1) is 11.4. The van der Waals surface area contributed by atoms with Crippen LogP contribution in [0.25, 0.3) is 0 Å². The zero-order valence-corrected chi connectivity index (χ0v) is 14.7. The molecule has 6 heteroatoms. The number of benzene rings is 1. The van der Waals surface area contributed by atoms with Gasteiger partial charge in [0, 0.05) is 30.5 Å². The molecule has 0 aromatic heterocycles. The topological polar surface area (TPSA) is 32.8 Å². The van der Waals surface area contributed by atoms with E-state index in [0.717, 1.165) is 19.4 Å². The van der Waals surface area contributed by atoms with Gasteiger partial charge in [-0.15, -0.1) is 0 Å². The Labute approximate surface area is 146 Å². The molecule has 3 aliphatic rings. The minimum absolute atomic E-state index is 0.0129. The Morgan fingerprint density at radius 2 is 2.29 bits per heavy atom. The van der Waals surface area contributed by atoms with Gasteiger partial charge in [-0.1, -0.05) is 11.6 Å². The van der Waals surface area contributed by atoms with E-state index in [1.807, 2.05) is 4.90 Å². The van der Waals surface area contributed by atoms with Gasteiger partial charge in [-0.3, -0.25) is 4.79 Å². The summed E-state index contributed by atoms with van der Waals surface area (Å²) in [7, 11) is 4.16. The van der Waals surface area contributed by atoms with Crippen molar-refractivity contribution < 1.29 is 13.9 Å². The maximum Gasteiger partial charge on any atom is 0.254 e. The normalized spacial score (nSPS) is 34.2. The number of carbonyl (C=O) groups is 1. The van der Waals surface area contributed by atoms with Gasteiger partial charge in [-0.05, 0) is 45.1 Å². The fourth-order valence-electron chi connectivity index (χ4n) is 4.82. The third-order valence-corrected chi connectivity index (χ3v) is 6.10. The lowest BCUT2D eigenvalue weighted by molar-refractivity contribution is 0.00256. The van der Waals surface area contributed by atoms with E-state index >= 15 is 0 Å². The van der Waals surface area contributed by atoms with Crippen LogP contribution in [0.4, 0.5) is 4.39 Å². The van der Waals surface area contributed by atoms with Gasteiger partial charge in [-0.25, -0.2) is 4.39 Å². The Bertz CT molecular complexity index is 683. The van der Waals surface area contributed by atoms with Crippen molar-refractivity contribution >= 4 is 17.5 Å². The van der Waals surface area contributed by atoms with Crippen LogP contribution >= 0.6 is 11.6 Å². The highest BCUT2D eigenvalue weighted by Gasteiger charge is 2.63. The number of hydrogen-bond acceptors (Lipinski definition) is 3. The molecule has 130 valence electrons. The number of fused-ring (bicyclic) bond motifs is 1. The second-order valence-corrected chi connectivity index (χ2v) is 8.01. The molecule has 0 aliphatic carbocycles. The minimum Gasteiger partial charge on any atom is -0.369 e. The zero-order chi connectivity index (χ0) is 17.1. The molecule has 3 aliphatic heterocycles. The standard InChI is InChI=1S/C18H22ClFN2O2/c1-21(2)8-12-13-9-22(10-18(13)6-5-16(12)24-18)17(23)11-3-4-15(20)14(19)7-11/h3-4,7,12-13,16H,5-6,8-10H2,1-2H3/t12-,13+,16+,18+/m0/s1. The summed E-state index contributed by atoms with van der Waals surface area (Å²) in [5.41, 5.74) is 0.265. The summed E-state index contributed by atoms with van der Waals surface area (Å²) in [5.74, 6) is 0.274. The van der Waals surface area contributed by atoms with Crippen LogP contribution in [0.1, 0.15) is 23.2 Å². The number of hydrogen-bond donors (Lipinski definition) is 0. The molecule has 1 aromatic carbocycles. The quantitative estimate of drug-likeness (QED) is 0.838. The van der Waals surface area contributed by atoms with Crippen LogP contribution in [-0.2, 0) is 4.74 Å². The smallest absolute Gasteiger partial charge is 0.254 e. The highest BCUT2D eigenvalue weighted by molar-refractivity contribution is 6.31. The lowest BCUT2D eigenvalue weighted by atomic mass is 9.73. The molecule has 0 saturated carbocycles. The molecule has 24 heavy (non-hydrogen) atoms. The van der Waals surface area contributed by atoms with Crippen molar-refractivity contribution in [1.29, 1.82) is 0 Å². The highest BCUT2D eigenvalue weighted by atomic mass is 35.5. The van der Waals surface area contributed by atoms with E-state index in [9.17, 15) is 9.18 Å². The average Bonchev–Trinajstić information content (AvgIpc) is 3.18. The van der Waals surface area contributed by atoms with E-state index in [2.05, 4.69) is 19.0 Å². The average molecular weight is 353 g/mol. The first-order valence-electron chi connectivity index (χ1n) is 8.46. The van der Waals surface area contributed by atoms with Crippen LogP contribution < -0.4 is 0 Å². The molecule has 2 bridgehead atoms. The summed E-state index contributed by atoms with van der Waals surface area (Å²) in [4.78, 5) is 16.9. The molecule has 3 heterocycles. The molecule has 4 rings (SSSR count). The Hall–Kier alpha value is -1.17. The summed E-state index contributed by atoms with van der Waals surface area (Å²) in [6.07, 6.45) is 2.44. The SMILES string of the molecule is CN(C)C[C@H]1[C@H]2CN(C(=O)c3ccc(F)c(Cl)c3)C[C@]23CC[C@H]1O3. The number of nitrogens with zero attached hydrogens (tertiary/aromatic N) is 2. The van der Waals surface area contributed by atoms with Crippen molar-refractivity contribution in [3.8, 4) is 0 Å². The molecular weight excluding hydrogens is 331 g/mol. The van der Waals surface area contributed by atoms with Crippen molar-refractivity contribution in [3.05, 3.63) is 34.6 Å². The van der Waals surface area contributed by atoms with Gasteiger partial charge in [0.1, 0.15) is 5.82 Å². The van der Waals surface area contributed by atoms with Crippen molar-refractivity contribution in [2.45, 2.75) is 24.5 Å². The maximum atomic E-state index is 13.3. The van der Waals surface area contributed by atoms with Gasteiger partial charge in [0.25, 0.3) is 5.91 Å². The van der Waals surface area contributed by atoms with Gasteiger partial charge in [0.2, 0.25) is 0 Å². The van der Waals surface area contributed by atoms with Crippen LogP contribution in [0.3, 0.4) is 0 Å². The maximum absolute atomic E-state index is 13.3. The summed E-state index contributed by atoms with van der Waals surface area (Å²) >= 11 is 5.83. The molecule has 3 fully saturated rings. The number of halogens is 2. The third kappa shape index (κ3) is 2.45. The van der Waals surface area contributed by atoms with Crippen LogP contribution in [-0.4, -0.2) is 61.1 Å². The highest BCUT2D eigenvalue weighted by Crippen LogP contribution is 2.55. The van der Waals surface area contributed by atoms with E-state index in [4.69, 9.17) is 16.3 Å². The molecule has 1 spiro atoms. The lowest BCUT2D eigenvalue weighted by Crippen LogP contribution is -2.40. The molecule has 0 N–H and O–H groups in total. The number of likely N-dealkylation sites (tertiary alicyclic amines) is 1. The monoisotopic (exact) mass is 352 g/mol. The minimum atomic E-state index is -0.502. The molecule has 1 aromatic rings. The van der Waals surface area contributed by atoms with Crippen molar-refractivity contribution in [2.24, 2.45) is 11.8 Å². The number of amides is 1. The van der Waals surface area contributed by atoms with Crippen molar-refractivity contribution in [2.75, 3.05) is 33.7 Å². The molecule has 0 unspecified atom stereocenters. The number of carbonyl (C=O) groups excluding carboxylic acids is 1. The third-order valence-electron chi connectivity index (χ3n) is 5.81. The van der Waals surface area contributed by atoms with Crippen molar-refractivity contribution in [1.82, 2.24) is 9.80 Å². The first kappa shape index (κ1) is 16.3. The fourth-order valence-corrected chi connectivity index (χ4v) is 5.00. The molecule has 4 atom stereocenters.